The van der Waals surface area contributed by atoms with E-state index in [1.807, 2.05) is 0 Å². The van der Waals surface area contributed by atoms with Crippen LogP contribution >= 0.6 is 11.6 Å². The maximum absolute atomic E-state index is 14.0. The van der Waals surface area contributed by atoms with E-state index in [1.54, 1.807) is 12.1 Å². The molecular weight excluding hydrogens is 263 g/mol. The maximum atomic E-state index is 14.0. The number of halogens is 2. The quantitative estimate of drug-likeness (QED) is 0.911. The van der Waals surface area contributed by atoms with Crippen LogP contribution in [0.4, 0.5) is 10.1 Å². The van der Waals surface area contributed by atoms with Crippen LogP contribution in [0.25, 0.3) is 0 Å². The number of piperazine rings is 1. The summed E-state index contributed by atoms with van der Waals surface area (Å²) in [4.78, 5) is 2.13. The van der Waals surface area contributed by atoms with Crippen LogP contribution in [0.3, 0.4) is 0 Å². The van der Waals surface area contributed by atoms with Gasteiger partial charge in [-0.1, -0.05) is 31.9 Å². The first-order chi connectivity index (χ1) is 9.02. The van der Waals surface area contributed by atoms with Crippen molar-refractivity contribution in [3.05, 3.63) is 29.0 Å². The van der Waals surface area contributed by atoms with E-state index in [-0.39, 0.29) is 11.9 Å². The van der Waals surface area contributed by atoms with Crippen LogP contribution in [0.15, 0.2) is 18.2 Å². The zero-order valence-electron chi connectivity index (χ0n) is 11.8. The molecule has 0 spiro atoms. The Labute approximate surface area is 119 Å². The molecule has 1 fully saturated rings. The van der Waals surface area contributed by atoms with E-state index in [4.69, 9.17) is 11.6 Å². The molecule has 3 atom stereocenters. The summed E-state index contributed by atoms with van der Waals surface area (Å²) < 4.78 is 14.0. The Hall–Kier alpha value is -0.800. The molecule has 1 aliphatic heterocycles. The zero-order valence-corrected chi connectivity index (χ0v) is 12.5. The van der Waals surface area contributed by atoms with Gasteiger partial charge in [0.1, 0.15) is 5.82 Å². The first-order valence-electron chi connectivity index (χ1n) is 6.98. The minimum atomic E-state index is -0.193. The lowest BCUT2D eigenvalue weighted by atomic mass is 9.95. The number of benzene rings is 1. The van der Waals surface area contributed by atoms with Gasteiger partial charge >= 0.3 is 0 Å². The Kier molecular flexibility index (Phi) is 4.69. The summed E-state index contributed by atoms with van der Waals surface area (Å²) in [6.07, 6.45) is 1.12. The van der Waals surface area contributed by atoms with Crippen molar-refractivity contribution in [1.82, 2.24) is 5.32 Å². The smallest absolute Gasteiger partial charge is 0.146 e. The number of rotatable bonds is 3. The molecule has 1 aromatic carbocycles. The summed E-state index contributed by atoms with van der Waals surface area (Å²) in [5, 5.41) is 4.14. The Morgan fingerprint density at radius 3 is 2.95 bits per heavy atom. The number of anilines is 1. The highest BCUT2D eigenvalue weighted by molar-refractivity contribution is 6.30. The molecule has 0 amide bonds. The molecule has 2 nitrogen and oxygen atoms in total. The molecule has 0 aromatic heterocycles. The average Bonchev–Trinajstić information content (AvgIpc) is 2.41. The van der Waals surface area contributed by atoms with Crippen molar-refractivity contribution in [2.24, 2.45) is 5.92 Å². The third kappa shape index (κ3) is 3.21. The molecule has 1 aliphatic rings. The van der Waals surface area contributed by atoms with E-state index >= 15 is 0 Å². The summed E-state index contributed by atoms with van der Waals surface area (Å²) in [6.45, 7) is 8.24. The second-order valence-electron chi connectivity index (χ2n) is 5.50. The predicted molar refractivity (Wildman–Crippen MR) is 79.5 cm³/mol. The van der Waals surface area contributed by atoms with E-state index < -0.39 is 0 Å². The highest BCUT2D eigenvalue weighted by atomic mass is 35.5. The Morgan fingerprint density at radius 1 is 1.53 bits per heavy atom. The Bertz CT molecular complexity index is 438. The van der Waals surface area contributed by atoms with Gasteiger partial charge in [0, 0.05) is 30.2 Å². The molecule has 1 heterocycles. The second kappa shape index (κ2) is 6.10. The summed E-state index contributed by atoms with van der Waals surface area (Å²) in [7, 11) is 0. The molecule has 2 rings (SSSR count). The molecule has 19 heavy (non-hydrogen) atoms. The van der Waals surface area contributed by atoms with Gasteiger partial charge in [-0.2, -0.15) is 0 Å². The van der Waals surface area contributed by atoms with Crippen molar-refractivity contribution >= 4 is 17.3 Å². The van der Waals surface area contributed by atoms with Crippen LogP contribution in [-0.4, -0.2) is 25.2 Å². The van der Waals surface area contributed by atoms with Crippen LogP contribution in [0, 0.1) is 11.7 Å². The first kappa shape index (κ1) is 14.6. The number of hydrogen-bond acceptors (Lipinski definition) is 2. The van der Waals surface area contributed by atoms with Crippen molar-refractivity contribution in [3.8, 4) is 0 Å². The Balaban J connectivity index is 2.23. The molecular formula is C15H22ClFN2. The zero-order chi connectivity index (χ0) is 14.0. The lowest BCUT2D eigenvalue weighted by molar-refractivity contribution is 0.314. The molecule has 0 saturated carbocycles. The first-order valence-corrected chi connectivity index (χ1v) is 7.35. The normalized spacial score (nSPS) is 25.4. The summed E-state index contributed by atoms with van der Waals surface area (Å²) in [6, 6.07) is 5.45. The Morgan fingerprint density at radius 2 is 2.26 bits per heavy atom. The van der Waals surface area contributed by atoms with E-state index in [0.717, 1.165) is 19.5 Å². The number of hydrogen-bond donors (Lipinski definition) is 1. The number of nitrogens with one attached hydrogen (secondary N) is 1. The fourth-order valence-corrected chi connectivity index (χ4v) is 2.76. The molecule has 0 bridgehead atoms. The maximum Gasteiger partial charge on any atom is 0.146 e. The van der Waals surface area contributed by atoms with Crippen molar-refractivity contribution < 1.29 is 4.39 Å². The largest absolute Gasteiger partial charge is 0.364 e. The van der Waals surface area contributed by atoms with Crippen LogP contribution in [0.1, 0.15) is 27.2 Å². The lowest BCUT2D eigenvalue weighted by Crippen LogP contribution is -2.57. The number of nitrogens with zero attached hydrogens (tertiary/aromatic N) is 1. The molecule has 1 N–H and O–H groups in total. The van der Waals surface area contributed by atoms with Crippen molar-refractivity contribution in [2.75, 3.05) is 18.0 Å². The molecule has 0 radical (unpaired) electrons. The third-order valence-electron chi connectivity index (χ3n) is 4.15. The SMILES string of the molecule is CCC(C)C1CN(c2cc(Cl)ccc2F)C(C)CN1. The predicted octanol–water partition coefficient (Wildman–Crippen LogP) is 3.69. The van der Waals surface area contributed by atoms with E-state index in [2.05, 4.69) is 31.0 Å². The molecule has 3 unspecified atom stereocenters. The molecule has 4 heteroatoms. The van der Waals surface area contributed by atoms with Gasteiger partial charge in [-0.3, -0.25) is 0 Å². The lowest BCUT2D eigenvalue weighted by Gasteiger charge is -2.42. The summed E-state index contributed by atoms with van der Waals surface area (Å²) >= 11 is 6.00. The van der Waals surface area contributed by atoms with Crippen molar-refractivity contribution in [2.45, 2.75) is 39.3 Å². The van der Waals surface area contributed by atoms with E-state index in [0.29, 0.717) is 22.7 Å². The molecule has 1 saturated heterocycles. The second-order valence-corrected chi connectivity index (χ2v) is 5.93. The fourth-order valence-electron chi connectivity index (χ4n) is 2.60. The van der Waals surface area contributed by atoms with Crippen molar-refractivity contribution in [3.63, 3.8) is 0 Å². The molecule has 0 aliphatic carbocycles. The van der Waals surface area contributed by atoms with Crippen LogP contribution in [0.2, 0.25) is 5.02 Å². The summed E-state index contributed by atoms with van der Waals surface area (Å²) in [5.74, 6) is 0.387. The highest BCUT2D eigenvalue weighted by Crippen LogP contribution is 2.28. The highest BCUT2D eigenvalue weighted by Gasteiger charge is 2.29. The van der Waals surface area contributed by atoms with Crippen LogP contribution in [0.5, 0.6) is 0 Å². The standard InChI is InChI=1S/C15H22ClFN2/c1-4-10(2)14-9-19(11(3)8-18-14)15-7-12(16)5-6-13(15)17/h5-7,10-11,14,18H,4,8-9H2,1-3H3. The van der Waals surface area contributed by atoms with Gasteiger partial charge in [0.15, 0.2) is 0 Å². The van der Waals surface area contributed by atoms with E-state index in [1.165, 1.54) is 6.07 Å². The van der Waals surface area contributed by atoms with Gasteiger partial charge in [-0.25, -0.2) is 4.39 Å². The van der Waals surface area contributed by atoms with Gasteiger partial charge in [0.2, 0.25) is 0 Å². The minimum Gasteiger partial charge on any atom is -0.364 e. The monoisotopic (exact) mass is 284 g/mol. The van der Waals surface area contributed by atoms with Crippen molar-refractivity contribution in [1.29, 1.82) is 0 Å². The van der Waals surface area contributed by atoms with Crippen LogP contribution in [-0.2, 0) is 0 Å². The topological polar surface area (TPSA) is 15.3 Å². The van der Waals surface area contributed by atoms with Gasteiger partial charge in [-0.15, -0.1) is 0 Å². The fraction of sp³-hybridized carbons (Fsp3) is 0.600. The molecule has 106 valence electrons. The van der Waals surface area contributed by atoms with Gasteiger partial charge in [-0.05, 0) is 31.0 Å². The average molecular weight is 285 g/mol. The van der Waals surface area contributed by atoms with Crippen LogP contribution < -0.4 is 10.2 Å². The summed E-state index contributed by atoms with van der Waals surface area (Å²) in [5.41, 5.74) is 0.620. The minimum absolute atomic E-state index is 0.193. The van der Waals surface area contributed by atoms with Gasteiger partial charge in [0.25, 0.3) is 0 Å². The van der Waals surface area contributed by atoms with E-state index in [9.17, 15) is 4.39 Å². The van der Waals surface area contributed by atoms with Gasteiger partial charge < -0.3 is 10.2 Å². The molecule has 1 aromatic rings. The third-order valence-corrected chi connectivity index (χ3v) is 4.38. The van der Waals surface area contributed by atoms with Gasteiger partial charge in [0.05, 0.1) is 5.69 Å².